The Bertz CT molecular complexity index is 174. The van der Waals surface area contributed by atoms with E-state index in [2.05, 4.69) is 10.4 Å². The topological polar surface area (TPSA) is 87.8 Å². The van der Waals surface area contributed by atoms with Gasteiger partial charge in [0.2, 0.25) is 0 Å². The van der Waals surface area contributed by atoms with E-state index < -0.39 is 0 Å². The van der Waals surface area contributed by atoms with Gasteiger partial charge in [0.15, 0.2) is 5.69 Å². The average Bonchev–Trinajstić information content (AvgIpc) is 2.05. The zero-order valence-corrected chi connectivity index (χ0v) is 5.28. The molecule has 0 amide bonds. The second kappa shape index (κ2) is 3.11. The summed E-state index contributed by atoms with van der Waals surface area (Å²) in [7, 11) is 0. The van der Waals surface area contributed by atoms with E-state index in [1.165, 1.54) is 6.20 Å². The molecule has 0 spiro atoms. The Labute approximate surface area is 57.8 Å². The first-order chi connectivity index (χ1) is 4.86. The van der Waals surface area contributed by atoms with Crippen LogP contribution in [0, 0.1) is 0 Å². The second-order valence-electron chi connectivity index (χ2n) is 1.75. The molecule has 6 N–H and O–H groups in total. The van der Waals surface area contributed by atoms with E-state index in [-0.39, 0.29) is 0 Å². The molecule has 0 aliphatic carbocycles. The van der Waals surface area contributed by atoms with Crippen LogP contribution >= 0.6 is 0 Å². The van der Waals surface area contributed by atoms with Gasteiger partial charge in [-0.15, -0.1) is 0 Å². The van der Waals surface area contributed by atoms with Crippen LogP contribution < -0.4 is 16.7 Å². The van der Waals surface area contributed by atoms with E-state index in [0.717, 1.165) is 5.48 Å². The van der Waals surface area contributed by atoms with Gasteiger partial charge in [0.05, 0.1) is 6.20 Å². The minimum absolute atomic E-state index is 0.575. The van der Waals surface area contributed by atoms with Crippen molar-refractivity contribution in [3.05, 3.63) is 18.3 Å². The number of quaternary nitrogens is 1. The summed E-state index contributed by atoms with van der Waals surface area (Å²) in [6.45, 7) is 0. The molecule has 0 saturated heterocycles. The molecule has 0 aliphatic heterocycles. The number of rotatable bonds is 2. The fourth-order valence-corrected chi connectivity index (χ4v) is 0.567. The summed E-state index contributed by atoms with van der Waals surface area (Å²) in [4.78, 5) is 3.84. The van der Waals surface area contributed by atoms with Gasteiger partial charge in [-0.3, -0.25) is 0 Å². The van der Waals surface area contributed by atoms with Crippen molar-refractivity contribution in [3.63, 3.8) is 0 Å². The molecule has 0 aromatic carbocycles. The predicted molar refractivity (Wildman–Crippen MR) is 35.4 cm³/mol. The van der Waals surface area contributed by atoms with Crippen molar-refractivity contribution >= 4 is 11.5 Å². The van der Waals surface area contributed by atoms with Gasteiger partial charge in [-0.2, -0.15) is 5.48 Å². The zero-order valence-electron chi connectivity index (χ0n) is 5.28. The molecule has 1 heterocycles. The molecule has 5 nitrogen and oxygen atoms in total. The van der Waals surface area contributed by atoms with Crippen LogP contribution in [0.3, 0.4) is 0 Å². The SMILES string of the molecule is NNc1ccc([NH2+]O)cn1. The average molecular weight is 141 g/mol. The summed E-state index contributed by atoms with van der Waals surface area (Å²) in [5.74, 6) is 5.63. The van der Waals surface area contributed by atoms with Crippen molar-refractivity contribution in [2.75, 3.05) is 5.43 Å². The standard InChI is InChI=1S/C5H8N4O/c6-8-5-2-1-4(9-10)3-7-5/h1-3,9-10H,6H2,(H,7,8)/p+1. The van der Waals surface area contributed by atoms with Gasteiger partial charge in [0, 0.05) is 6.07 Å². The van der Waals surface area contributed by atoms with Crippen molar-refractivity contribution < 1.29 is 10.7 Å². The van der Waals surface area contributed by atoms with E-state index in [1.54, 1.807) is 12.1 Å². The molecule has 5 heteroatoms. The molecule has 0 unspecified atom stereocenters. The van der Waals surface area contributed by atoms with Crippen LogP contribution in [-0.4, -0.2) is 10.2 Å². The first-order valence-corrected chi connectivity index (χ1v) is 2.77. The number of anilines is 1. The van der Waals surface area contributed by atoms with Crippen molar-refractivity contribution in [3.8, 4) is 0 Å². The third-order valence-electron chi connectivity index (χ3n) is 1.08. The lowest BCUT2D eigenvalue weighted by Crippen LogP contribution is -2.73. The Morgan fingerprint density at radius 3 is 2.80 bits per heavy atom. The van der Waals surface area contributed by atoms with E-state index in [0.29, 0.717) is 11.5 Å². The van der Waals surface area contributed by atoms with Gasteiger partial charge in [-0.05, 0) is 6.07 Å². The summed E-state index contributed by atoms with van der Waals surface area (Å²) in [5.41, 5.74) is 4.00. The van der Waals surface area contributed by atoms with Crippen LogP contribution in [0.4, 0.5) is 11.5 Å². The molecule has 1 aromatic heterocycles. The number of nitrogens with one attached hydrogen (secondary N) is 1. The molecule has 0 fully saturated rings. The number of nitrogen functional groups attached to an aromatic ring is 1. The maximum Gasteiger partial charge on any atom is 0.180 e. The molecule has 54 valence electrons. The molecule has 0 saturated carbocycles. The van der Waals surface area contributed by atoms with Crippen molar-refractivity contribution in [2.24, 2.45) is 5.84 Å². The Balaban J connectivity index is 2.80. The molecule has 1 aromatic rings. The predicted octanol–water partition coefficient (Wildman–Crippen LogP) is -1.05. The molecule has 0 atom stereocenters. The smallest absolute Gasteiger partial charge is 0.180 e. The van der Waals surface area contributed by atoms with Gasteiger partial charge < -0.3 is 5.43 Å². The monoisotopic (exact) mass is 141 g/mol. The minimum atomic E-state index is 0.575. The zero-order chi connectivity index (χ0) is 7.40. The molecular weight excluding hydrogens is 132 g/mol. The van der Waals surface area contributed by atoms with Gasteiger partial charge in [-0.1, -0.05) is 0 Å². The van der Waals surface area contributed by atoms with Crippen LogP contribution in [-0.2, 0) is 0 Å². The summed E-state index contributed by atoms with van der Waals surface area (Å²) in [6.07, 6.45) is 1.51. The first kappa shape index (κ1) is 6.94. The second-order valence-corrected chi connectivity index (χ2v) is 1.75. The van der Waals surface area contributed by atoms with Crippen molar-refractivity contribution in [1.29, 1.82) is 0 Å². The van der Waals surface area contributed by atoms with E-state index in [1.807, 2.05) is 0 Å². The summed E-state index contributed by atoms with van der Waals surface area (Å²) >= 11 is 0. The van der Waals surface area contributed by atoms with Crippen LogP contribution in [0.1, 0.15) is 0 Å². The number of pyridine rings is 1. The van der Waals surface area contributed by atoms with Gasteiger partial charge >= 0.3 is 0 Å². The highest BCUT2D eigenvalue weighted by molar-refractivity contribution is 5.37. The Kier molecular flexibility index (Phi) is 2.16. The highest BCUT2D eigenvalue weighted by Crippen LogP contribution is 2.01. The Morgan fingerprint density at radius 2 is 2.40 bits per heavy atom. The van der Waals surface area contributed by atoms with Crippen molar-refractivity contribution in [2.45, 2.75) is 0 Å². The molecule has 1 rings (SSSR count). The lowest BCUT2D eigenvalue weighted by atomic mass is 10.4. The lowest BCUT2D eigenvalue weighted by Gasteiger charge is -1.96. The summed E-state index contributed by atoms with van der Waals surface area (Å²) in [5, 5.41) is 8.48. The fraction of sp³-hybridized carbons (Fsp3) is 0. The van der Waals surface area contributed by atoms with Gasteiger partial charge in [-0.25, -0.2) is 16.0 Å². The van der Waals surface area contributed by atoms with Gasteiger partial charge in [0.25, 0.3) is 0 Å². The van der Waals surface area contributed by atoms with E-state index in [4.69, 9.17) is 11.0 Å². The lowest BCUT2D eigenvalue weighted by molar-refractivity contribution is -0.825. The first-order valence-electron chi connectivity index (χ1n) is 2.77. The van der Waals surface area contributed by atoms with Crippen LogP contribution in [0.15, 0.2) is 18.3 Å². The summed E-state index contributed by atoms with van der Waals surface area (Å²) < 4.78 is 0. The maximum atomic E-state index is 8.48. The Hall–Kier alpha value is -1.17. The van der Waals surface area contributed by atoms with E-state index in [9.17, 15) is 0 Å². The van der Waals surface area contributed by atoms with Gasteiger partial charge in [0.1, 0.15) is 5.82 Å². The van der Waals surface area contributed by atoms with Crippen LogP contribution in [0.2, 0.25) is 0 Å². The maximum absolute atomic E-state index is 8.48. The molecule has 0 radical (unpaired) electrons. The number of hydrogen-bond acceptors (Lipinski definition) is 4. The molecule has 10 heavy (non-hydrogen) atoms. The minimum Gasteiger partial charge on any atom is -0.308 e. The summed E-state index contributed by atoms with van der Waals surface area (Å²) in [6, 6.07) is 3.37. The highest BCUT2D eigenvalue weighted by atomic mass is 16.5. The van der Waals surface area contributed by atoms with Crippen molar-refractivity contribution in [1.82, 2.24) is 4.98 Å². The highest BCUT2D eigenvalue weighted by Gasteiger charge is 1.93. The third kappa shape index (κ3) is 1.41. The van der Waals surface area contributed by atoms with Crippen LogP contribution in [0.25, 0.3) is 0 Å². The molecular formula is C5H9N4O+. The number of aromatic nitrogens is 1. The quantitative estimate of drug-likeness (QED) is 0.312. The third-order valence-corrected chi connectivity index (χ3v) is 1.08. The van der Waals surface area contributed by atoms with E-state index >= 15 is 0 Å². The molecule has 0 aliphatic rings. The Morgan fingerprint density at radius 1 is 1.60 bits per heavy atom. The number of hydrogen-bond donors (Lipinski definition) is 4. The molecule has 0 bridgehead atoms. The normalized spacial score (nSPS) is 9.40. The number of hydrazine groups is 1. The largest absolute Gasteiger partial charge is 0.308 e. The fourth-order valence-electron chi connectivity index (χ4n) is 0.567. The number of nitrogens with zero attached hydrogens (tertiary/aromatic N) is 1. The van der Waals surface area contributed by atoms with Crippen LogP contribution in [0.5, 0.6) is 0 Å². The number of nitrogens with two attached hydrogens (primary N) is 2.